The highest BCUT2D eigenvalue weighted by atomic mass is 15.1. The highest BCUT2D eigenvalue weighted by Crippen LogP contribution is 2.39. The number of aliphatic imine (C=N–C) groups is 1. The average molecular weight is 856 g/mol. The summed E-state index contributed by atoms with van der Waals surface area (Å²) >= 11 is 0. The Balaban J connectivity index is 0.909. The Morgan fingerprint density at radius 2 is 0.821 bits per heavy atom. The van der Waals surface area contributed by atoms with Crippen LogP contribution in [0.5, 0.6) is 0 Å². The van der Waals surface area contributed by atoms with Crippen molar-refractivity contribution < 1.29 is 0 Å². The van der Waals surface area contributed by atoms with Crippen LogP contribution in [-0.2, 0) is 0 Å². The van der Waals surface area contributed by atoms with Crippen molar-refractivity contribution in [3.8, 4) is 50.2 Å². The fourth-order valence-electron chi connectivity index (χ4n) is 9.99. The fourth-order valence-corrected chi connectivity index (χ4v) is 9.99. The van der Waals surface area contributed by atoms with Crippen LogP contribution < -0.4 is 0 Å². The van der Waals surface area contributed by atoms with Crippen molar-refractivity contribution in [3.63, 3.8) is 0 Å². The van der Waals surface area contributed by atoms with E-state index in [1.165, 1.54) is 66.0 Å². The Hall–Kier alpha value is -8.79. The Bertz CT molecular complexity index is 3810. The zero-order valence-corrected chi connectivity index (χ0v) is 37.1. The molecular weight excluding hydrogens is 811 g/mol. The van der Waals surface area contributed by atoms with Gasteiger partial charge in [0, 0.05) is 32.8 Å². The van der Waals surface area contributed by atoms with Gasteiger partial charge in [-0.15, -0.1) is 0 Å². The maximum atomic E-state index is 5.41. The first-order chi connectivity index (χ1) is 33.1. The van der Waals surface area contributed by atoms with E-state index in [2.05, 4.69) is 259 Å². The van der Waals surface area contributed by atoms with Gasteiger partial charge >= 0.3 is 0 Å². The molecule has 2 heterocycles. The maximum Gasteiger partial charge on any atom is 0.111 e. The van der Waals surface area contributed by atoms with Gasteiger partial charge in [-0.05, 0) is 141 Å². The normalized spacial score (nSPS) is 11.8. The molecule has 0 radical (unpaired) electrons. The number of nitrogens with zero attached hydrogens (tertiary/aromatic N) is 3. The van der Waals surface area contributed by atoms with Gasteiger partial charge in [0.25, 0.3) is 0 Å². The Labute approximate surface area is 390 Å². The zero-order chi connectivity index (χ0) is 44.8. The van der Waals surface area contributed by atoms with E-state index < -0.39 is 0 Å². The molecular formula is C64H45N3. The fraction of sp³-hybridized carbons (Fsp3) is 0.0156. The number of aromatic nitrogens is 2. The third kappa shape index (κ3) is 7.15. The number of fused-ring (bicyclic) bond motifs is 6. The van der Waals surface area contributed by atoms with Crippen LogP contribution in [0, 0.1) is 0 Å². The molecule has 0 fully saturated rings. The van der Waals surface area contributed by atoms with Crippen molar-refractivity contribution in [1.29, 1.82) is 0 Å². The standard InChI is InChI=1S/C64H45N3/c1-43(47-23-18-24-48(37-47)53-39-51(45-19-6-3-7-20-45)38-52(40-53)46-21-8-4-9-22-46)55-27-12-15-30-60(55)65-44(2)66-61-31-16-13-28-56(61)58-41-49(33-35-63(58)66)50-34-36-64-59(42-50)57-29-14-17-32-62(57)67(64)54-25-10-5-11-26-54/h3-42H,1H2,2H3. The van der Waals surface area contributed by atoms with Crippen LogP contribution in [0.4, 0.5) is 5.69 Å². The first-order valence-electron chi connectivity index (χ1n) is 22.9. The van der Waals surface area contributed by atoms with E-state index in [9.17, 15) is 0 Å². The molecule has 10 aromatic carbocycles. The molecule has 3 heteroatoms. The number of benzene rings is 10. The van der Waals surface area contributed by atoms with Crippen molar-refractivity contribution in [2.24, 2.45) is 4.99 Å². The molecule has 0 saturated heterocycles. The highest BCUT2D eigenvalue weighted by Gasteiger charge is 2.18. The van der Waals surface area contributed by atoms with E-state index in [1.54, 1.807) is 0 Å². The van der Waals surface area contributed by atoms with Crippen LogP contribution in [0.3, 0.4) is 0 Å². The van der Waals surface area contributed by atoms with Gasteiger partial charge in [0.05, 0.1) is 27.8 Å². The minimum absolute atomic E-state index is 0.873. The highest BCUT2D eigenvalue weighted by molar-refractivity contribution is 6.16. The van der Waals surface area contributed by atoms with Crippen molar-refractivity contribution >= 4 is 60.7 Å². The Morgan fingerprint density at radius 3 is 1.49 bits per heavy atom. The lowest BCUT2D eigenvalue weighted by Crippen LogP contribution is -2.06. The predicted octanol–water partition coefficient (Wildman–Crippen LogP) is 17.2. The lowest BCUT2D eigenvalue weighted by molar-refractivity contribution is 1.18. The molecule has 0 aliphatic carbocycles. The first-order valence-corrected chi connectivity index (χ1v) is 22.9. The molecule has 0 unspecified atom stereocenters. The van der Waals surface area contributed by atoms with Gasteiger partial charge < -0.3 is 4.57 Å². The molecule has 0 N–H and O–H groups in total. The second kappa shape index (κ2) is 16.6. The summed E-state index contributed by atoms with van der Waals surface area (Å²) in [5.41, 5.74) is 19.0. The quantitative estimate of drug-likeness (QED) is 0.107. The Morgan fingerprint density at radius 1 is 0.358 bits per heavy atom. The minimum atomic E-state index is 0.873. The van der Waals surface area contributed by atoms with Gasteiger partial charge in [-0.1, -0.05) is 170 Å². The average Bonchev–Trinajstić information content (AvgIpc) is 3.91. The van der Waals surface area contributed by atoms with Gasteiger partial charge in [0.1, 0.15) is 5.84 Å². The second-order valence-electron chi connectivity index (χ2n) is 17.3. The van der Waals surface area contributed by atoms with Crippen LogP contribution in [0.15, 0.2) is 254 Å². The summed E-state index contributed by atoms with van der Waals surface area (Å²) in [6.07, 6.45) is 0. The largest absolute Gasteiger partial charge is 0.309 e. The van der Waals surface area contributed by atoms with Crippen LogP contribution in [0.2, 0.25) is 0 Å². The van der Waals surface area contributed by atoms with E-state index in [0.29, 0.717) is 0 Å². The molecule has 12 rings (SSSR count). The van der Waals surface area contributed by atoms with Crippen molar-refractivity contribution in [1.82, 2.24) is 9.13 Å². The second-order valence-corrected chi connectivity index (χ2v) is 17.3. The molecule has 0 spiro atoms. The minimum Gasteiger partial charge on any atom is -0.309 e. The molecule has 0 amide bonds. The number of para-hydroxylation sites is 4. The zero-order valence-electron chi connectivity index (χ0n) is 37.1. The van der Waals surface area contributed by atoms with E-state index >= 15 is 0 Å². The monoisotopic (exact) mass is 855 g/mol. The number of hydrogen-bond donors (Lipinski definition) is 0. The van der Waals surface area contributed by atoms with E-state index in [1.807, 2.05) is 0 Å². The third-order valence-corrected chi connectivity index (χ3v) is 13.2. The summed E-state index contributed by atoms with van der Waals surface area (Å²) in [5.74, 6) is 0.884. The summed E-state index contributed by atoms with van der Waals surface area (Å²) in [4.78, 5) is 5.41. The molecule has 0 aliphatic heterocycles. The van der Waals surface area contributed by atoms with Gasteiger partial charge in [0.2, 0.25) is 0 Å². The molecule has 2 aromatic heterocycles. The molecule has 0 saturated carbocycles. The number of rotatable bonds is 8. The van der Waals surface area contributed by atoms with E-state index in [0.717, 1.165) is 56.1 Å². The van der Waals surface area contributed by atoms with Crippen LogP contribution >= 0.6 is 0 Å². The third-order valence-electron chi connectivity index (χ3n) is 13.2. The summed E-state index contributed by atoms with van der Waals surface area (Å²) in [6.45, 7) is 6.82. The molecule has 0 atom stereocenters. The lowest BCUT2D eigenvalue weighted by atomic mass is 9.91. The Kier molecular flexibility index (Phi) is 9.88. The van der Waals surface area contributed by atoms with Crippen molar-refractivity contribution in [3.05, 3.63) is 260 Å². The van der Waals surface area contributed by atoms with Crippen molar-refractivity contribution in [2.75, 3.05) is 0 Å². The number of hydrogen-bond acceptors (Lipinski definition) is 1. The van der Waals surface area contributed by atoms with Gasteiger partial charge in [-0.25, -0.2) is 4.99 Å². The molecule has 3 nitrogen and oxygen atoms in total. The van der Waals surface area contributed by atoms with Crippen molar-refractivity contribution in [2.45, 2.75) is 6.92 Å². The topological polar surface area (TPSA) is 22.2 Å². The summed E-state index contributed by atoms with van der Waals surface area (Å²) in [7, 11) is 0. The smallest absolute Gasteiger partial charge is 0.111 e. The van der Waals surface area contributed by atoms with E-state index in [4.69, 9.17) is 11.6 Å². The SMILES string of the molecule is C=C(c1cccc(-c2cc(-c3ccccc3)cc(-c3ccccc3)c2)c1)c1ccccc1N=C(C)n1c2ccccc2c2cc(-c3ccc4c(c3)c3ccccc3n4-c3ccccc3)ccc21. The van der Waals surface area contributed by atoms with Gasteiger partial charge in [-0.2, -0.15) is 0 Å². The predicted molar refractivity (Wildman–Crippen MR) is 285 cm³/mol. The molecule has 0 bridgehead atoms. The summed E-state index contributed by atoms with van der Waals surface area (Å²) < 4.78 is 4.67. The molecule has 316 valence electrons. The van der Waals surface area contributed by atoms with Gasteiger partial charge in [0.15, 0.2) is 0 Å². The van der Waals surface area contributed by atoms with E-state index in [-0.39, 0.29) is 0 Å². The van der Waals surface area contributed by atoms with Crippen LogP contribution in [-0.4, -0.2) is 15.0 Å². The first kappa shape index (κ1) is 39.8. The van der Waals surface area contributed by atoms with Crippen LogP contribution in [0.1, 0.15) is 18.1 Å². The summed E-state index contributed by atoms with van der Waals surface area (Å²) in [5, 5.41) is 4.87. The van der Waals surface area contributed by atoms with Crippen LogP contribution in [0.25, 0.3) is 99.4 Å². The molecule has 12 aromatic rings. The maximum absolute atomic E-state index is 5.41. The molecule has 67 heavy (non-hydrogen) atoms. The lowest BCUT2D eigenvalue weighted by Gasteiger charge is -2.14. The van der Waals surface area contributed by atoms with Gasteiger partial charge in [-0.3, -0.25) is 4.57 Å². The molecule has 0 aliphatic rings. The summed E-state index contributed by atoms with van der Waals surface area (Å²) in [6, 6.07) is 87.0.